The second-order valence-electron chi connectivity index (χ2n) is 10.3. The van der Waals surface area contributed by atoms with Crippen LogP contribution in [0.15, 0.2) is 48.5 Å². The Morgan fingerprint density at radius 2 is 1.71 bits per heavy atom. The lowest BCUT2D eigenvalue weighted by Gasteiger charge is -2.48. The van der Waals surface area contributed by atoms with Gasteiger partial charge in [-0.2, -0.15) is 0 Å². The van der Waals surface area contributed by atoms with E-state index in [0.29, 0.717) is 30.5 Å². The van der Waals surface area contributed by atoms with Crippen molar-refractivity contribution < 1.29 is 19.1 Å². The number of carbonyl (C=O) groups is 3. The number of hydrogen-bond donors (Lipinski definition) is 1. The molecule has 2 aromatic carbocycles. The molecule has 2 aromatic rings. The summed E-state index contributed by atoms with van der Waals surface area (Å²) >= 11 is 0. The third-order valence-electron chi connectivity index (χ3n) is 8.10. The molecule has 7 heteroatoms. The Labute approximate surface area is 205 Å². The Morgan fingerprint density at radius 1 is 0.914 bits per heavy atom. The Balaban J connectivity index is 1.12. The van der Waals surface area contributed by atoms with Crippen molar-refractivity contribution in [1.82, 2.24) is 15.1 Å². The average Bonchev–Trinajstić information content (AvgIpc) is 3.15. The molecule has 7 nitrogen and oxygen atoms in total. The molecule has 35 heavy (non-hydrogen) atoms. The summed E-state index contributed by atoms with van der Waals surface area (Å²) in [6.45, 7) is 2.53. The fourth-order valence-electron chi connectivity index (χ4n) is 6.15. The number of imide groups is 1. The van der Waals surface area contributed by atoms with E-state index in [1.54, 1.807) is 4.90 Å². The van der Waals surface area contributed by atoms with Crippen LogP contribution in [0.3, 0.4) is 0 Å². The molecular formula is C28H31N3O4. The number of nitrogens with one attached hydrogen (secondary N) is 1. The van der Waals surface area contributed by atoms with Crippen LogP contribution in [0.25, 0.3) is 0 Å². The van der Waals surface area contributed by atoms with Gasteiger partial charge in [0.2, 0.25) is 11.8 Å². The summed E-state index contributed by atoms with van der Waals surface area (Å²) < 4.78 is 6.55. The van der Waals surface area contributed by atoms with Gasteiger partial charge < -0.3 is 9.64 Å². The number of ether oxygens (including phenoxy) is 1. The van der Waals surface area contributed by atoms with Crippen LogP contribution in [0.1, 0.15) is 65.9 Å². The van der Waals surface area contributed by atoms with E-state index < -0.39 is 6.04 Å². The molecule has 6 rings (SSSR count). The van der Waals surface area contributed by atoms with Crippen molar-refractivity contribution >= 4 is 17.7 Å². The molecule has 3 heterocycles. The summed E-state index contributed by atoms with van der Waals surface area (Å²) in [5.74, 6) is 0.587. The van der Waals surface area contributed by atoms with Crippen molar-refractivity contribution in [3.8, 4) is 5.75 Å². The van der Waals surface area contributed by atoms with Gasteiger partial charge in [0.25, 0.3) is 5.91 Å². The Bertz CT molecular complexity index is 1140. The fraction of sp³-hybridized carbons (Fsp3) is 0.464. The maximum atomic E-state index is 13.0. The highest BCUT2D eigenvalue weighted by molar-refractivity contribution is 6.05. The van der Waals surface area contributed by atoms with Gasteiger partial charge in [0, 0.05) is 43.6 Å². The van der Waals surface area contributed by atoms with Crippen LogP contribution in [-0.2, 0) is 16.1 Å². The van der Waals surface area contributed by atoms with E-state index in [1.807, 2.05) is 18.2 Å². The molecule has 3 amide bonds. The number of nitrogens with zero attached hydrogens (tertiary/aromatic N) is 2. The Morgan fingerprint density at radius 3 is 2.51 bits per heavy atom. The highest BCUT2D eigenvalue weighted by Gasteiger charge is 2.41. The van der Waals surface area contributed by atoms with E-state index in [-0.39, 0.29) is 30.2 Å². The van der Waals surface area contributed by atoms with Gasteiger partial charge in [0.1, 0.15) is 17.9 Å². The predicted octanol–water partition coefficient (Wildman–Crippen LogP) is 3.24. The standard InChI is InChI=1S/C28H31N3O4/c32-26-13-12-24(27(33)29-26)31-17-19-14-21(10-11-22(19)28(31)34)35-25-9-5-4-8-23(25)30-15-20(16-30)18-6-2-1-3-7-18/h1-3,6-7,10-11,14,20,23-25H,4-5,8-9,12-13,15-17H2,(H,29,32,33)/t23-,24-,25+/m1/s1. The van der Waals surface area contributed by atoms with E-state index in [9.17, 15) is 14.4 Å². The third kappa shape index (κ3) is 4.22. The summed E-state index contributed by atoms with van der Waals surface area (Å²) in [6.07, 6.45) is 5.36. The molecule has 0 spiro atoms. The number of benzene rings is 2. The number of fused-ring (bicyclic) bond motifs is 1. The smallest absolute Gasteiger partial charge is 0.255 e. The number of hydrogen-bond acceptors (Lipinski definition) is 5. The topological polar surface area (TPSA) is 79.0 Å². The van der Waals surface area contributed by atoms with Gasteiger partial charge in [0.05, 0.1) is 0 Å². The third-order valence-corrected chi connectivity index (χ3v) is 8.10. The average molecular weight is 474 g/mol. The number of piperidine rings is 1. The number of carbonyl (C=O) groups excluding carboxylic acids is 3. The normalized spacial score (nSPS) is 27.4. The SMILES string of the molecule is O=C1CC[C@@H](N2Cc3cc(O[C@H]4CCCC[C@H]4N4CC(c5ccccc5)C4)ccc3C2=O)C(=O)N1. The largest absolute Gasteiger partial charge is 0.489 e. The zero-order valence-electron chi connectivity index (χ0n) is 19.8. The summed E-state index contributed by atoms with van der Waals surface area (Å²) in [5, 5.41) is 2.36. The Hall–Kier alpha value is -3.19. The minimum atomic E-state index is -0.594. The fourth-order valence-corrected chi connectivity index (χ4v) is 6.15. The van der Waals surface area contributed by atoms with Gasteiger partial charge in [0.15, 0.2) is 0 Å². The van der Waals surface area contributed by atoms with Crippen LogP contribution in [0.2, 0.25) is 0 Å². The number of likely N-dealkylation sites (tertiary alicyclic amines) is 1. The first-order valence-electron chi connectivity index (χ1n) is 12.8. The van der Waals surface area contributed by atoms with E-state index in [4.69, 9.17) is 4.74 Å². The van der Waals surface area contributed by atoms with Crippen LogP contribution >= 0.6 is 0 Å². The number of amides is 3. The van der Waals surface area contributed by atoms with E-state index in [1.165, 1.54) is 18.4 Å². The summed E-state index contributed by atoms with van der Waals surface area (Å²) in [4.78, 5) is 40.9. The van der Waals surface area contributed by atoms with Gasteiger partial charge in [-0.1, -0.05) is 36.8 Å². The molecule has 3 atom stereocenters. The quantitative estimate of drug-likeness (QED) is 0.675. The van der Waals surface area contributed by atoms with Crippen LogP contribution in [0.5, 0.6) is 5.75 Å². The first kappa shape index (κ1) is 22.3. The highest BCUT2D eigenvalue weighted by Crippen LogP contribution is 2.36. The van der Waals surface area contributed by atoms with Gasteiger partial charge >= 0.3 is 0 Å². The van der Waals surface area contributed by atoms with Crippen molar-refractivity contribution in [2.45, 2.75) is 69.2 Å². The lowest BCUT2D eigenvalue weighted by molar-refractivity contribution is -0.136. The number of rotatable bonds is 5. The molecule has 0 radical (unpaired) electrons. The van der Waals surface area contributed by atoms with Crippen LogP contribution in [0.4, 0.5) is 0 Å². The second kappa shape index (κ2) is 9.11. The molecule has 2 saturated heterocycles. The van der Waals surface area contributed by atoms with E-state index in [0.717, 1.165) is 37.2 Å². The zero-order valence-corrected chi connectivity index (χ0v) is 19.8. The minimum Gasteiger partial charge on any atom is -0.489 e. The first-order chi connectivity index (χ1) is 17.1. The van der Waals surface area contributed by atoms with Gasteiger partial charge in [-0.05, 0) is 55.0 Å². The molecule has 0 bridgehead atoms. The van der Waals surface area contributed by atoms with Crippen molar-refractivity contribution in [1.29, 1.82) is 0 Å². The monoisotopic (exact) mass is 473 g/mol. The van der Waals surface area contributed by atoms with Crippen molar-refractivity contribution in [2.24, 2.45) is 0 Å². The molecule has 0 unspecified atom stereocenters. The molecule has 1 aliphatic carbocycles. The van der Waals surface area contributed by atoms with Crippen molar-refractivity contribution in [3.63, 3.8) is 0 Å². The lowest BCUT2D eigenvalue weighted by Crippen LogP contribution is -2.57. The maximum absolute atomic E-state index is 13.0. The highest BCUT2D eigenvalue weighted by atomic mass is 16.5. The molecule has 1 N–H and O–H groups in total. The lowest BCUT2D eigenvalue weighted by atomic mass is 9.84. The summed E-state index contributed by atoms with van der Waals surface area (Å²) in [6, 6.07) is 16.2. The Kier molecular flexibility index (Phi) is 5.80. The molecule has 182 valence electrons. The molecule has 3 aliphatic heterocycles. The van der Waals surface area contributed by atoms with Crippen molar-refractivity contribution in [3.05, 3.63) is 65.2 Å². The van der Waals surface area contributed by atoms with E-state index in [2.05, 4.69) is 40.5 Å². The second-order valence-corrected chi connectivity index (χ2v) is 10.3. The summed E-state index contributed by atoms with van der Waals surface area (Å²) in [7, 11) is 0. The van der Waals surface area contributed by atoms with Crippen molar-refractivity contribution in [2.75, 3.05) is 13.1 Å². The predicted molar refractivity (Wildman–Crippen MR) is 130 cm³/mol. The first-order valence-corrected chi connectivity index (χ1v) is 12.8. The molecule has 0 aromatic heterocycles. The molecule has 4 aliphatic rings. The molecule has 3 fully saturated rings. The summed E-state index contributed by atoms with van der Waals surface area (Å²) in [5.41, 5.74) is 2.93. The van der Waals surface area contributed by atoms with Crippen LogP contribution < -0.4 is 10.1 Å². The molecule has 1 saturated carbocycles. The van der Waals surface area contributed by atoms with Gasteiger partial charge in [-0.3, -0.25) is 24.6 Å². The van der Waals surface area contributed by atoms with Crippen LogP contribution in [0, 0.1) is 0 Å². The van der Waals surface area contributed by atoms with Gasteiger partial charge in [-0.15, -0.1) is 0 Å². The van der Waals surface area contributed by atoms with Crippen LogP contribution in [-0.4, -0.2) is 58.8 Å². The van der Waals surface area contributed by atoms with E-state index >= 15 is 0 Å². The minimum absolute atomic E-state index is 0.141. The van der Waals surface area contributed by atoms with Gasteiger partial charge in [-0.25, -0.2) is 0 Å². The molecular weight excluding hydrogens is 442 g/mol. The zero-order chi connectivity index (χ0) is 23.9. The maximum Gasteiger partial charge on any atom is 0.255 e.